The van der Waals surface area contributed by atoms with Crippen molar-refractivity contribution in [3.05, 3.63) is 18.2 Å². The van der Waals surface area contributed by atoms with Gasteiger partial charge in [0.15, 0.2) is 0 Å². The second-order valence-corrected chi connectivity index (χ2v) is 7.68. The Morgan fingerprint density at radius 2 is 1.89 bits per heavy atom. The first-order valence-corrected chi connectivity index (χ1v) is 8.30. The summed E-state index contributed by atoms with van der Waals surface area (Å²) in [5, 5.41) is 0. The summed E-state index contributed by atoms with van der Waals surface area (Å²) in [7, 11) is 6.62. The summed E-state index contributed by atoms with van der Waals surface area (Å²) < 4.78 is 18.2. The van der Waals surface area contributed by atoms with Gasteiger partial charge in [0.1, 0.15) is 5.82 Å². The minimum atomic E-state index is -2.42. The average Bonchev–Trinajstić information content (AvgIpc) is 2.81. The third-order valence-corrected chi connectivity index (χ3v) is 6.12. The van der Waals surface area contributed by atoms with Crippen LogP contribution in [0.5, 0.6) is 0 Å². The molecule has 0 aliphatic rings. The second-order valence-electron chi connectivity index (χ2n) is 4.59. The first-order chi connectivity index (χ1) is 9.06. The Kier molecular flexibility index (Phi) is 6.67. The summed E-state index contributed by atoms with van der Waals surface area (Å²) in [4.78, 5) is 6.56. The van der Waals surface area contributed by atoms with Gasteiger partial charge in [0.2, 0.25) is 0 Å². The van der Waals surface area contributed by atoms with Gasteiger partial charge in [0.05, 0.1) is 6.54 Å². The molecule has 0 saturated heterocycles. The Morgan fingerprint density at radius 3 is 2.37 bits per heavy atom. The molecule has 0 atom stereocenters. The van der Waals surface area contributed by atoms with Crippen molar-refractivity contribution < 1.29 is 13.3 Å². The van der Waals surface area contributed by atoms with E-state index in [0.717, 1.165) is 31.4 Å². The first-order valence-electron chi connectivity index (χ1n) is 6.37. The Balaban J connectivity index is 2.34. The second kappa shape index (κ2) is 7.76. The van der Waals surface area contributed by atoms with E-state index in [4.69, 9.17) is 13.3 Å². The molecule has 1 heterocycles. The SMILES string of the molecule is CO[Si](CCCN(C)Cc1nccn1C)(OC)OC. The van der Waals surface area contributed by atoms with E-state index in [2.05, 4.69) is 16.9 Å². The lowest BCUT2D eigenvalue weighted by Crippen LogP contribution is -2.43. The van der Waals surface area contributed by atoms with Gasteiger partial charge >= 0.3 is 8.80 Å². The molecule has 0 aromatic carbocycles. The molecule has 0 radical (unpaired) electrons. The Hall–Kier alpha value is -0.733. The van der Waals surface area contributed by atoms with Gasteiger partial charge < -0.3 is 17.8 Å². The monoisotopic (exact) mass is 287 g/mol. The van der Waals surface area contributed by atoms with Crippen molar-refractivity contribution in [2.45, 2.75) is 19.0 Å². The molecule has 1 rings (SSSR count). The zero-order valence-corrected chi connectivity index (χ0v) is 13.5. The van der Waals surface area contributed by atoms with Gasteiger partial charge in [0.25, 0.3) is 0 Å². The molecule has 0 fully saturated rings. The molecule has 0 N–H and O–H groups in total. The number of aromatic nitrogens is 2. The largest absolute Gasteiger partial charge is 0.500 e. The van der Waals surface area contributed by atoms with E-state index in [1.807, 2.05) is 24.0 Å². The smallest absolute Gasteiger partial charge is 0.377 e. The van der Waals surface area contributed by atoms with Crippen LogP contribution >= 0.6 is 0 Å². The average molecular weight is 287 g/mol. The van der Waals surface area contributed by atoms with E-state index in [9.17, 15) is 0 Å². The van der Waals surface area contributed by atoms with Gasteiger partial charge in [-0.3, -0.25) is 4.90 Å². The van der Waals surface area contributed by atoms with Crippen LogP contribution in [0.1, 0.15) is 12.2 Å². The van der Waals surface area contributed by atoms with Gasteiger partial charge in [-0.1, -0.05) is 0 Å². The fourth-order valence-corrected chi connectivity index (χ4v) is 3.69. The number of nitrogens with zero attached hydrogens (tertiary/aromatic N) is 3. The highest BCUT2D eigenvalue weighted by Crippen LogP contribution is 2.15. The highest BCUT2D eigenvalue weighted by Gasteiger charge is 2.36. The summed E-state index contributed by atoms with van der Waals surface area (Å²) in [5.74, 6) is 1.07. The molecule has 110 valence electrons. The molecule has 0 bridgehead atoms. The van der Waals surface area contributed by atoms with E-state index in [-0.39, 0.29) is 0 Å². The van der Waals surface area contributed by atoms with Crippen molar-refractivity contribution in [3.63, 3.8) is 0 Å². The molecule has 1 aromatic rings. The highest BCUT2D eigenvalue weighted by molar-refractivity contribution is 6.60. The molecular formula is C12H25N3O3Si. The fraction of sp³-hybridized carbons (Fsp3) is 0.750. The molecular weight excluding hydrogens is 262 g/mol. The predicted molar refractivity (Wildman–Crippen MR) is 75.7 cm³/mol. The van der Waals surface area contributed by atoms with Gasteiger partial charge in [0, 0.05) is 46.8 Å². The molecule has 7 heteroatoms. The maximum absolute atomic E-state index is 5.40. The lowest BCUT2D eigenvalue weighted by molar-refractivity contribution is 0.121. The summed E-state index contributed by atoms with van der Waals surface area (Å²) in [6, 6.07) is 0.821. The molecule has 0 aliphatic heterocycles. The summed E-state index contributed by atoms with van der Waals surface area (Å²) in [6.45, 7) is 1.79. The van der Waals surface area contributed by atoms with Gasteiger partial charge in [-0.25, -0.2) is 4.98 Å². The highest BCUT2D eigenvalue weighted by atomic mass is 28.4. The first kappa shape index (κ1) is 16.3. The van der Waals surface area contributed by atoms with Crippen LogP contribution in [0, 0.1) is 0 Å². The summed E-state index contributed by atoms with van der Waals surface area (Å²) >= 11 is 0. The fourth-order valence-electron chi connectivity index (χ4n) is 1.99. The van der Waals surface area contributed by atoms with Crippen molar-refractivity contribution in [1.29, 1.82) is 0 Å². The van der Waals surface area contributed by atoms with Crippen LogP contribution in [0.2, 0.25) is 6.04 Å². The number of hydrogen-bond acceptors (Lipinski definition) is 5. The van der Waals surface area contributed by atoms with Crippen LogP contribution in [0.4, 0.5) is 0 Å². The molecule has 0 unspecified atom stereocenters. The number of hydrogen-bond donors (Lipinski definition) is 0. The lowest BCUT2D eigenvalue weighted by Gasteiger charge is -2.25. The molecule has 0 amide bonds. The van der Waals surface area contributed by atoms with E-state index in [1.165, 1.54) is 0 Å². The van der Waals surface area contributed by atoms with Crippen LogP contribution < -0.4 is 0 Å². The van der Waals surface area contributed by atoms with Crippen LogP contribution in [0.25, 0.3) is 0 Å². The van der Waals surface area contributed by atoms with E-state index >= 15 is 0 Å². The quantitative estimate of drug-likeness (QED) is 0.637. The summed E-state index contributed by atoms with van der Waals surface area (Å²) in [5.41, 5.74) is 0. The van der Waals surface area contributed by atoms with Crippen molar-refractivity contribution in [2.24, 2.45) is 7.05 Å². The standard InChI is InChI=1S/C12H25N3O3Si/c1-14(11-12-13-7-9-15(12)2)8-6-10-19(16-3,17-4)18-5/h7,9H,6,8,10-11H2,1-5H3. The van der Waals surface area contributed by atoms with E-state index in [0.29, 0.717) is 0 Å². The maximum atomic E-state index is 5.40. The number of aryl methyl sites for hydroxylation is 1. The van der Waals surface area contributed by atoms with Gasteiger partial charge in [-0.05, 0) is 20.0 Å². The minimum Gasteiger partial charge on any atom is -0.377 e. The van der Waals surface area contributed by atoms with Crippen LogP contribution in [0.15, 0.2) is 12.4 Å². The van der Waals surface area contributed by atoms with Crippen LogP contribution in [0.3, 0.4) is 0 Å². The zero-order chi connectivity index (χ0) is 14.3. The molecule has 6 nitrogen and oxygen atoms in total. The van der Waals surface area contributed by atoms with Crippen LogP contribution in [-0.4, -0.2) is 58.2 Å². The normalized spacial score (nSPS) is 12.3. The Morgan fingerprint density at radius 1 is 1.26 bits per heavy atom. The van der Waals surface area contributed by atoms with Gasteiger partial charge in [-0.15, -0.1) is 0 Å². The van der Waals surface area contributed by atoms with Crippen molar-refractivity contribution >= 4 is 8.80 Å². The molecule has 0 saturated carbocycles. The molecule has 0 aliphatic carbocycles. The third-order valence-electron chi connectivity index (χ3n) is 3.29. The molecule has 19 heavy (non-hydrogen) atoms. The number of rotatable bonds is 9. The molecule has 1 aromatic heterocycles. The number of imidazole rings is 1. The third kappa shape index (κ3) is 4.70. The topological polar surface area (TPSA) is 48.8 Å². The Bertz CT molecular complexity index is 361. The Labute approximate surface area is 116 Å². The van der Waals surface area contributed by atoms with Gasteiger partial charge in [-0.2, -0.15) is 0 Å². The molecule has 0 spiro atoms. The van der Waals surface area contributed by atoms with Crippen LogP contribution in [-0.2, 0) is 26.9 Å². The summed E-state index contributed by atoms with van der Waals surface area (Å²) in [6.07, 6.45) is 4.76. The zero-order valence-electron chi connectivity index (χ0n) is 12.5. The minimum absolute atomic E-state index is 0.821. The van der Waals surface area contributed by atoms with E-state index < -0.39 is 8.80 Å². The lowest BCUT2D eigenvalue weighted by atomic mass is 10.4. The predicted octanol–water partition coefficient (Wildman–Crippen LogP) is 1.12. The van der Waals surface area contributed by atoms with Crippen molar-refractivity contribution in [2.75, 3.05) is 34.9 Å². The van der Waals surface area contributed by atoms with E-state index in [1.54, 1.807) is 21.3 Å². The van der Waals surface area contributed by atoms with Crippen molar-refractivity contribution in [1.82, 2.24) is 14.5 Å². The van der Waals surface area contributed by atoms with Crippen molar-refractivity contribution in [3.8, 4) is 0 Å². The maximum Gasteiger partial charge on any atom is 0.500 e.